The molecule has 4 N–H and O–H groups in total. The molecule has 0 radical (unpaired) electrons. The highest BCUT2D eigenvalue weighted by atomic mass is 32.1. The van der Waals surface area contributed by atoms with Crippen molar-refractivity contribution in [1.29, 1.82) is 0 Å². The number of nitrogens with one attached hydrogen (secondary N) is 2. The van der Waals surface area contributed by atoms with Crippen molar-refractivity contribution in [2.75, 3.05) is 79.0 Å². The smallest absolute Gasteiger partial charge is 0.233 e. The first kappa shape index (κ1) is 28.2. The predicted octanol–water partition coefficient (Wildman–Crippen LogP) is 3.28. The van der Waals surface area contributed by atoms with Crippen molar-refractivity contribution in [2.24, 2.45) is 0 Å². The topological polar surface area (TPSA) is 137 Å². The van der Waals surface area contributed by atoms with Crippen LogP contribution in [0.25, 0.3) is 0 Å². The molecular formula is C25H36N12S2. The molecule has 0 atom stereocenters. The van der Waals surface area contributed by atoms with Crippen LogP contribution in [0.1, 0.15) is 19.5 Å². The van der Waals surface area contributed by atoms with Crippen LogP contribution in [0, 0.1) is 13.8 Å². The van der Waals surface area contributed by atoms with E-state index in [2.05, 4.69) is 78.6 Å². The van der Waals surface area contributed by atoms with Crippen LogP contribution in [-0.4, -0.2) is 77.9 Å². The fourth-order valence-corrected chi connectivity index (χ4v) is 5.54. The Morgan fingerprint density at radius 3 is 2.03 bits per heavy atom. The molecule has 0 bridgehead atoms. The number of anilines is 6. The van der Waals surface area contributed by atoms with Crippen molar-refractivity contribution in [1.82, 2.24) is 29.9 Å². The summed E-state index contributed by atoms with van der Waals surface area (Å²) >= 11 is 3.59. The van der Waals surface area contributed by atoms with E-state index in [9.17, 15) is 0 Å². The molecule has 4 aromatic heterocycles. The third-order valence-electron chi connectivity index (χ3n) is 5.76. The van der Waals surface area contributed by atoms with Gasteiger partial charge in [-0.15, -0.1) is 22.7 Å². The third-order valence-corrected chi connectivity index (χ3v) is 7.88. The summed E-state index contributed by atoms with van der Waals surface area (Å²) in [5, 5.41) is 6.39. The summed E-state index contributed by atoms with van der Waals surface area (Å²) in [5.74, 6) is 2.70. The summed E-state index contributed by atoms with van der Waals surface area (Å²) in [4.78, 5) is 38.2. The second-order valence-corrected chi connectivity index (χ2v) is 12.0. The van der Waals surface area contributed by atoms with Gasteiger partial charge in [0, 0.05) is 60.8 Å². The van der Waals surface area contributed by atoms with Crippen molar-refractivity contribution < 1.29 is 0 Å². The molecule has 4 rings (SSSR count). The molecule has 0 aliphatic rings. The summed E-state index contributed by atoms with van der Waals surface area (Å²) in [5.41, 5.74) is 6.06. The van der Waals surface area contributed by atoms with Gasteiger partial charge in [0.1, 0.15) is 0 Å². The van der Waals surface area contributed by atoms with Crippen LogP contribution in [0.15, 0.2) is 24.3 Å². The standard InChI is InChI=1S/C25H36N12S2/c1-16-7-9-18(38-16)11-13-28-22-31-21(27-3)32-24(33-22)36(6)15-37(14-12-19-10-8-17(2)39-19)25-30-20(26)29-23(34-25)35(4)5/h7-10H,11-15H2,1-6H3,(H2,26,29,30,34)(H2,27,28,31,32,33). The Kier molecular flexibility index (Phi) is 9.30. The number of aryl methyl sites for hydroxylation is 2. The molecular weight excluding hydrogens is 532 g/mol. The van der Waals surface area contributed by atoms with Gasteiger partial charge in [0.05, 0.1) is 6.67 Å². The van der Waals surface area contributed by atoms with Gasteiger partial charge < -0.3 is 31.1 Å². The van der Waals surface area contributed by atoms with E-state index >= 15 is 0 Å². The van der Waals surface area contributed by atoms with Crippen LogP contribution in [-0.2, 0) is 12.8 Å². The van der Waals surface area contributed by atoms with E-state index in [4.69, 9.17) is 10.7 Å². The van der Waals surface area contributed by atoms with E-state index in [1.54, 1.807) is 29.7 Å². The van der Waals surface area contributed by atoms with Crippen molar-refractivity contribution >= 4 is 58.4 Å². The average Bonchev–Trinajstić information content (AvgIpc) is 3.52. The summed E-state index contributed by atoms with van der Waals surface area (Å²) in [6.07, 6.45) is 1.73. The quantitative estimate of drug-likeness (QED) is 0.204. The normalized spacial score (nSPS) is 10.9. The molecule has 0 amide bonds. The van der Waals surface area contributed by atoms with E-state index in [1.807, 2.05) is 30.9 Å². The van der Waals surface area contributed by atoms with Crippen molar-refractivity contribution in [3.63, 3.8) is 0 Å². The lowest BCUT2D eigenvalue weighted by molar-refractivity contribution is 0.720. The zero-order valence-electron chi connectivity index (χ0n) is 23.3. The summed E-state index contributed by atoms with van der Waals surface area (Å²) in [7, 11) is 7.49. The lowest BCUT2D eigenvalue weighted by Crippen LogP contribution is -2.39. The molecule has 0 fully saturated rings. The predicted molar refractivity (Wildman–Crippen MR) is 163 cm³/mol. The van der Waals surface area contributed by atoms with Gasteiger partial charge in [-0.3, -0.25) is 0 Å². The highest BCUT2D eigenvalue weighted by Gasteiger charge is 2.19. The number of nitrogens with zero attached hydrogens (tertiary/aromatic N) is 9. The Hall–Kier alpha value is -3.78. The van der Waals surface area contributed by atoms with E-state index in [0.717, 1.165) is 19.4 Å². The highest BCUT2D eigenvalue weighted by Crippen LogP contribution is 2.21. The van der Waals surface area contributed by atoms with E-state index in [0.29, 0.717) is 43.0 Å². The fourth-order valence-electron chi connectivity index (χ4n) is 3.77. The van der Waals surface area contributed by atoms with Crippen molar-refractivity contribution in [2.45, 2.75) is 26.7 Å². The Bertz CT molecular complexity index is 1370. The number of hydrogen-bond acceptors (Lipinski definition) is 14. The lowest BCUT2D eigenvalue weighted by atomic mass is 10.3. The maximum absolute atomic E-state index is 6.06. The molecule has 0 aliphatic heterocycles. The first-order chi connectivity index (χ1) is 18.7. The van der Waals surface area contributed by atoms with Gasteiger partial charge in [0.15, 0.2) is 0 Å². The molecule has 39 heavy (non-hydrogen) atoms. The minimum atomic E-state index is 0.174. The molecule has 12 nitrogen and oxygen atoms in total. The van der Waals surface area contributed by atoms with Crippen LogP contribution in [0.2, 0.25) is 0 Å². The Morgan fingerprint density at radius 1 is 0.769 bits per heavy atom. The number of nitrogen functional groups attached to an aromatic ring is 1. The van der Waals surface area contributed by atoms with Crippen LogP contribution >= 0.6 is 22.7 Å². The third kappa shape index (κ3) is 7.86. The van der Waals surface area contributed by atoms with Crippen molar-refractivity contribution in [3.8, 4) is 0 Å². The maximum Gasteiger partial charge on any atom is 0.233 e. The molecule has 0 unspecified atom stereocenters. The second kappa shape index (κ2) is 12.8. The van der Waals surface area contributed by atoms with E-state index in [-0.39, 0.29) is 5.95 Å². The van der Waals surface area contributed by atoms with Crippen LogP contribution in [0.4, 0.5) is 35.7 Å². The van der Waals surface area contributed by atoms with Gasteiger partial charge in [0.2, 0.25) is 35.7 Å². The van der Waals surface area contributed by atoms with Gasteiger partial charge in [0.25, 0.3) is 0 Å². The van der Waals surface area contributed by atoms with Gasteiger partial charge in [-0.05, 0) is 51.0 Å². The molecule has 4 aromatic rings. The number of nitrogens with two attached hydrogens (primary N) is 1. The summed E-state index contributed by atoms with van der Waals surface area (Å²) in [6, 6.07) is 8.60. The maximum atomic E-state index is 6.06. The monoisotopic (exact) mass is 568 g/mol. The van der Waals surface area contributed by atoms with Gasteiger partial charge in [-0.25, -0.2) is 0 Å². The summed E-state index contributed by atoms with van der Waals surface area (Å²) in [6.45, 7) is 6.06. The minimum Gasteiger partial charge on any atom is -0.368 e. The Labute approximate surface area is 237 Å². The van der Waals surface area contributed by atoms with Gasteiger partial charge in [-0.2, -0.15) is 29.9 Å². The molecule has 0 spiro atoms. The number of hydrogen-bond donors (Lipinski definition) is 3. The molecule has 0 aliphatic carbocycles. The van der Waals surface area contributed by atoms with Crippen molar-refractivity contribution in [3.05, 3.63) is 43.8 Å². The summed E-state index contributed by atoms with van der Waals surface area (Å²) < 4.78 is 0. The first-order valence-electron chi connectivity index (χ1n) is 12.6. The van der Waals surface area contributed by atoms with E-state index in [1.165, 1.54) is 19.5 Å². The zero-order valence-corrected chi connectivity index (χ0v) is 24.9. The van der Waals surface area contributed by atoms with Gasteiger partial charge in [-0.1, -0.05) is 0 Å². The average molecular weight is 569 g/mol. The van der Waals surface area contributed by atoms with Crippen LogP contribution in [0.5, 0.6) is 0 Å². The zero-order chi connectivity index (χ0) is 27.9. The molecule has 14 heteroatoms. The minimum absolute atomic E-state index is 0.174. The number of thiophene rings is 2. The molecule has 0 saturated carbocycles. The number of rotatable bonds is 13. The Morgan fingerprint density at radius 2 is 1.41 bits per heavy atom. The highest BCUT2D eigenvalue weighted by molar-refractivity contribution is 7.12. The number of aromatic nitrogens is 6. The first-order valence-corrected chi connectivity index (χ1v) is 14.3. The van der Waals surface area contributed by atoms with Gasteiger partial charge >= 0.3 is 0 Å². The second-order valence-electron chi connectivity index (χ2n) is 9.27. The molecule has 0 aromatic carbocycles. The molecule has 208 valence electrons. The Balaban J connectivity index is 1.53. The molecule has 0 saturated heterocycles. The van der Waals surface area contributed by atoms with Crippen LogP contribution < -0.4 is 31.1 Å². The van der Waals surface area contributed by atoms with Crippen LogP contribution in [0.3, 0.4) is 0 Å². The SMILES string of the molecule is CNc1nc(NCCc2ccc(C)s2)nc(N(C)CN(CCc2ccc(C)s2)c2nc(N)nc(N(C)C)n2)n1. The molecule has 4 heterocycles. The lowest BCUT2D eigenvalue weighted by Gasteiger charge is -2.29. The largest absolute Gasteiger partial charge is 0.368 e. The van der Waals surface area contributed by atoms with E-state index < -0.39 is 0 Å². The fraction of sp³-hybridized carbons (Fsp3) is 0.440.